The first-order chi connectivity index (χ1) is 7.79. The summed E-state index contributed by atoms with van der Waals surface area (Å²) in [4.78, 5) is 1.06. The minimum Gasteiger partial charge on any atom is -0.271 e. The molecule has 3 N–H and O–H groups in total. The lowest BCUT2D eigenvalue weighted by atomic mass is 10.0. The van der Waals surface area contributed by atoms with E-state index in [1.165, 1.54) is 22.7 Å². The van der Waals surface area contributed by atoms with Gasteiger partial charge in [-0.3, -0.25) is 11.3 Å². The Balaban J connectivity index is 2.13. The molecule has 84 valence electrons. The SMILES string of the molecule is Cc1cccc(CC(NN)c2cnns2)c1. The number of aromatic nitrogens is 2. The summed E-state index contributed by atoms with van der Waals surface area (Å²) in [5.74, 6) is 5.55. The normalized spacial score (nSPS) is 12.6. The van der Waals surface area contributed by atoms with Crippen LogP contribution < -0.4 is 11.3 Å². The topological polar surface area (TPSA) is 63.8 Å². The first kappa shape index (κ1) is 11.2. The molecular formula is C11H14N4S. The quantitative estimate of drug-likeness (QED) is 0.623. The first-order valence-corrected chi connectivity index (χ1v) is 5.86. The van der Waals surface area contributed by atoms with Crippen LogP contribution in [0.15, 0.2) is 30.5 Å². The van der Waals surface area contributed by atoms with Crippen LogP contribution >= 0.6 is 11.5 Å². The molecule has 0 amide bonds. The molecule has 0 aliphatic heterocycles. The van der Waals surface area contributed by atoms with Gasteiger partial charge < -0.3 is 0 Å². The van der Waals surface area contributed by atoms with Crippen molar-refractivity contribution in [3.8, 4) is 0 Å². The Hall–Kier alpha value is -1.30. The molecule has 0 saturated carbocycles. The van der Waals surface area contributed by atoms with Gasteiger partial charge in [0.15, 0.2) is 0 Å². The number of hydrogen-bond acceptors (Lipinski definition) is 5. The van der Waals surface area contributed by atoms with Crippen molar-refractivity contribution in [2.45, 2.75) is 19.4 Å². The second kappa shape index (κ2) is 5.16. The van der Waals surface area contributed by atoms with Crippen LogP contribution in [-0.2, 0) is 6.42 Å². The van der Waals surface area contributed by atoms with E-state index in [-0.39, 0.29) is 6.04 Å². The summed E-state index contributed by atoms with van der Waals surface area (Å²) in [6.45, 7) is 2.09. The third-order valence-electron chi connectivity index (χ3n) is 2.45. The number of aryl methyl sites for hydroxylation is 1. The van der Waals surface area contributed by atoms with Gasteiger partial charge in [-0.15, -0.1) is 5.10 Å². The Morgan fingerprint density at radius 1 is 1.50 bits per heavy atom. The van der Waals surface area contributed by atoms with E-state index in [0.29, 0.717) is 0 Å². The largest absolute Gasteiger partial charge is 0.271 e. The summed E-state index contributed by atoms with van der Waals surface area (Å²) in [5, 5.41) is 3.82. The van der Waals surface area contributed by atoms with E-state index in [1.54, 1.807) is 6.20 Å². The average Bonchev–Trinajstić information content (AvgIpc) is 2.79. The molecule has 1 aromatic heterocycles. The maximum absolute atomic E-state index is 5.55. The summed E-state index contributed by atoms with van der Waals surface area (Å²) in [6, 6.07) is 8.50. The smallest absolute Gasteiger partial charge is 0.0670 e. The zero-order chi connectivity index (χ0) is 11.4. The fourth-order valence-corrected chi connectivity index (χ4v) is 2.21. The van der Waals surface area contributed by atoms with Crippen molar-refractivity contribution in [1.82, 2.24) is 15.0 Å². The van der Waals surface area contributed by atoms with Crippen molar-refractivity contribution < 1.29 is 0 Å². The van der Waals surface area contributed by atoms with Gasteiger partial charge in [0, 0.05) is 0 Å². The van der Waals surface area contributed by atoms with E-state index in [1.807, 2.05) is 0 Å². The minimum atomic E-state index is 0.0850. The molecule has 5 heteroatoms. The van der Waals surface area contributed by atoms with Crippen molar-refractivity contribution in [3.63, 3.8) is 0 Å². The minimum absolute atomic E-state index is 0.0850. The third kappa shape index (κ3) is 2.63. The number of hydrazine groups is 1. The van der Waals surface area contributed by atoms with Gasteiger partial charge in [0.05, 0.1) is 17.1 Å². The summed E-state index contributed by atoms with van der Waals surface area (Å²) in [5.41, 5.74) is 5.32. The zero-order valence-corrected chi connectivity index (χ0v) is 9.87. The number of nitrogens with two attached hydrogens (primary N) is 1. The molecule has 0 saturated heterocycles. The highest BCUT2D eigenvalue weighted by molar-refractivity contribution is 7.05. The molecule has 1 atom stereocenters. The van der Waals surface area contributed by atoms with Crippen molar-refractivity contribution >= 4 is 11.5 Å². The van der Waals surface area contributed by atoms with Crippen LogP contribution in [0.1, 0.15) is 22.0 Å². The molecule has 1 heterocycles. The lowest BCUT2D eigenvalue weighted by Crippen LogP contribution is -2.28. The van der Waals surface area contributed by atoms with Gasteiger partial charge in [0.1, 0.15) is 0 Å². The second-order valence-corrected chi connectivity index (χ2v) is 4.55. The van der Waals surface area contributed by atoms with Crippen LogP contribution in [0.4, 0.5) is 0 Å². The monoisotopic (exact) mass is 234 g/mol. The lowest BCUT2D eigenvalue weighted by molar-refractivity contribution is 0.559. The highest BCUT2D eigenvalue weighted by atomic mass is 32.1. The predicted molar refractivity (Wildman–Crippen MR) is 64.9 cm³/mol. The predicted octanol–water partition coefficient (Wildman–Crippen LogP) is 1.59. The van der Waals surface area contributed by atoms with Crippen LogP contribution in [-0.4, -0.2) is 9.59 Å². The van der Waals surface area contributed by atoms with E-state index in [2.05, 4.69) is 46.2 Å². The van der Waals surface area contributed by atoms with E-state index in [0.717, 1.165) is 11.3 Å². The summed E-state index contributed by atoms with van der Waals surface area (Å²) >= 11 is 1.38. The van der Waals surface area contributed by atoms with E-state index in [9.17, 15) is 0 Å². The second-order valence-electron chi connectivity index (χ2n) is 3.73. The molecule has 0 bridgehead atoms. The Morgan fingerprint density at radius 2 is 2.38 bits per heavy atom. The van der Waals surface area contributed by atoms with Gasteiger partial charge in [0.25, 0.3) is 0 Å². The summed E-state index contributed by atoms with van der Waals surface area (Å²) in [7, 11) is 0. The molecule has 16 heavy (non-hydrogen) atoms. The molecule has 1 aromatic carbocycles. The van der Waals surface area contributed by atoms with Crippen molar-refractivity contribution in [3.05, 3.63) is 46.5 Å². The Labute approximate surface area is 98.6 Å². The Kier molecular flexibility index (Phi) is 3.61. The number of nitrogens with one attached hydrogen (secondary N) is 1. The van der Waals surface area contributed by atoms with Crippen molar-refractivity contribution in [2.75, 3.05) is 0 Å². The Morgan fingerprint density at radius 3 is 3.00 bits per heavy atom. The van der Waals surface area contributed by atoms with Crippen LogP contribution in [0.2, 0.25) is 0 Å². The maximum Gasteiger partial charge on any atom is 0.0670 e. The molecule has 0 aliphatic carbocycles. The number of benzene rings is 1. The van der Waals surface area contributed by atoms with Crippen molar-refractivity contribution in [2.24, 2.45) is 5.84 Å². The highest BCUT2D eigenvalue weighted by Gasteiger charge is 2.12. The van der Waals surface area contributed by atoms with Gasteiger partial charge in [0.2, 0.25) is 0 Å². The van der Waals surface area contributed by atoms with Gasteiger partial charge >= 0.3 is 0 Å². The molecule has 0 aliphatic rings. The van der Waals surface area contributed by atoms with Gasteiger partial charge in [-0.1, -0.05) is 34.3 Å². The van der Waals surface area contributed by atoms with E-state index >= 15 is 0 Å². The first-order valence-electron chi connectivity index (χ1n) is 5.08. The van der Waals surface area contributed by atoms with E-state index in [4.69, 9.17) is 5.84 Å². The lowest BCUT2D eigenvalue weighted by Gasteiger charge is -2.13. The number of nitrogens with zero attached hydrogens (tertiary/aromatic N) is 2. The third-order valence-corrected chi connectivity index (χ3v) is 3.22. The van der Waals surface area contributed by atoms with Gasteiger partial charge in [-0.25, -0.2) is 0 Å². The number of hydrogen-bond donors (Lipinski definition) is 2. The summed E-state index contributed by atoms with van der Waals surface area (Å²) in [6.07, 6.45) is 2.60. The fourth-order valence-electron chi connectivity index (χ4n) is 1.64. The molecule has 0 radical (unpaired) electrons. The molecule has 4 nitrogen and oxygen atoms in total. The van der Waals surface area contributed by atoms with Gasteiger partial charge in [-0.05, 0) is 30.4 Å². The number of rotatable bonds is 4. The molecule has 1 unspecified atom stereocenters. The van der Waals surface area contributed by atoms with Gasteiger partial charge in [-0.2, -0.15) is 0 Å². The van der Waals surface area contributed by atoms with Crippen molar-refractivity contribution in [1.29, 1.82) is 0 Å². The average molecular weight is 234 g/mol. The highest BCUT2D eigenvalue weighted by Crippen LogP contribution is 2.19. The van der Waals surface area contributed by atoms with Crippen LogP contribution in [0.25, 0.3) is 0 Å². The molecular weight excluding hydrogens is 220 g/mol. The molecule has 2 rings (SSSR count). The standard InChI is InChI=1S/C11H14N4S/c1-8-3-2-4-9(5-8)6-10(14-12)11-7-13-15-16-11/h2-5,7,10,14H,6,12H2,1H3. The summed E-state index contributed by atoms with van der Waals surface area (Å²) < 4.78 is 3.85. The Bertz CT molecular complexity index is 441. The van der Waals surface area contributed by atoms with E-state index < -0.39 is 0 Å². The fraction of sp³-hybridized carbons (Fsp3) is 0.273. The van der Waals surface area contributed by atoms with Crippen LogP contribution in [0.5, 0.6) is 0 Å². The zero-order valence-electron chi connectivity index (χ0n) is 9.05. The molecule has 2 aromatic rings. The maximum atomic E-state index is 5.55. The molecule has 0 spiro atoms. The van der Waals surface area contributed by atoms with Crippen LogP contribution in [0, 0.1) is 6.92 Å². The molecule has 0 fully saturated rings. The van der Waals surface area contributed by atoms with Crippen LogP contribution in [0.3, 0.4) is 0 Å².